The number of anilines is 1. The van der Waals surface area contributed by atoms with Crippen molar-refractivity contribution >= 4 is 29.1 Å². The predicted octanol–water partition coefficient (Wildman–Crippen LogP) is 2.51. The SMILES string of the molecule is Cc1ccc([C@@H](CNC(=O)C(=O)Nc2ccc(Cl)c(F)c2)N2CCOCC2)o1. The van der Waals surface area contributed by atoms with Gasteiger partial charge in [-0.1, -0.05) is 11.6 Å². The second-order valence-electron chi connectivity index (χ2n) is 6.41. The minimum atomic E-state index is -0.891. The minimum absolute atomic E-state index is 0.0652. The molecule has 28 heavy (non-hydrogen) atoms. The number of carbonyl (C=O) groups excluding carboxylic acids is 2. The van der Waals surface area contributed by atoms with Gasteiger partial charge >= 0.3 is 11.8 Å². The van der Waals surface area contributed by atoms with E-state index in [1.54, 1.807) is 0 Å². The largest absolute Gasteiger partial charge is 0.465 e. The molecule has 9 heteroatoms. The molecule has 1 aromatic carbocycles. The highest BCUT2D eigenvalue weighted by molar-refractivity contribution is 6.39. The van der Waals surface area contributed by atoms with Crippen LogP contribution in [0.2, 0.25) is 5.02 Å². The van der Waals surface area contributed by atoms with Gasteiger partial charge in [0.1, 0.15) is 17.3 Å². The van der Waals surface area contributed by atoms with Crippen LogP contribution in [-0.2, 0) is 14.3 Å². The van der Waals surface area contributed by atoms with Crippen molar-refractivity contribution in [3.63, 3.8) is 0 Å². The highest BCUT2D eigenvalue weighted by Crippen LogP contribution is 2.23. The third kappa shape index (κ3) is 5.09. The maximum absolute atomic E-state index is 13.5. The van der Waals surface area contributed by atoms with E-state index < -0.39 is 17.6 Å². The van der Waals surface area contributed by atoms with Crippen LogP contribution in [0.25, 0.3) is 0 Å². The fraction of sp³-hybridized carbons (Fsp3) is 0.368. The molecule has 0 radical (unpaired) electrons. The van der Waals surface area contributed by atoms with E-state index in [4.69, 9.17) is 20.8 Å². The molecule has 7 nitrogen and oxygen atoms in total. The predicted molar refractivity (Wildman–Crippen MR) is 102 cm³/mol. The number of hydrogen-bond donors (Lipinski definition) is 2. The van der Waals surface area contributed by atoms with Crippen LogP contribution in [0.4, 0.5) is 10.1 Å². The van der Waals surface area contributed by atoms with Gasteiger partial charge in [0.25, 0.3) is 0 Å². The van der Waals surface area contributed by atoms with Crippen molar-refractivity contribution in [1.82, 2.24) is 10.2 Å². The van der Waals surface area contributed by atoms with Crippen molar-refractivity contribution < 1.29 is 23.1 Å². The molecular weight excluding hydrogens is 389 g/mol. The third-order valence-corrected chi connectivity index (χ3v) is 4.72. The van der Waals surface area contributed by atoms with Gasteiger partial charge in [0, 0.05) is 25.3 Å². The van der Waals surface area contributed by atoms with E-state index in [-0.39, 0.29) is 23.3 Å². The van der Waals surface area contributed by atoms with Gasteiger partial charge in [-0.05, 0) is 37.3 Å². The van der Waals surface area contributed by atoms with Gasteiger partial charge in [0.2, 0.25) is 0 Å². The van der Waals surface area contributed by atoms with Crippen LogP contribution in [0, 0.1) is 12.7 Å². The molecule has 2 heterocycles. The number of benzene rings is 1. The molecule has 1 atom stereocenters. The fourth-order valence-corrected chi connectivity index (χ4v) is 3.08. The summed E-state index contributed by atoms with van der Waals surface area (Å²) in [6.45, 7) is 4.60. The third-order valence-electron chi connectivity index (χ3n) is 4.42. The Hall–Kier alpha value is -2.42. The topological polar surface area (TPSA) is 83.8 Å². The Morgan fingerprint density at radius 2 is 1.96 bits per heavy atom. The number of amides is 2. The van der Waals surface area contributed by atoms with Crippen LogP contribution in [0.15, 0.2) is 34.7 Å². The Kier molecular flexibility index (Phi) is 6.66. The Morgan fingerprint density at radius 3 is 2.61 bits per heavy atom. The molecule has 1 fully saturated rings. The number of nitrogens with one attached hydrogen (secondary N) is 2. The second-order valence-corrected chi connectivity index (χ2v) is 6.81. The van der Waals surface area contributed by atoms with E-state index in [1.165, 1.54) is 12.1 Å². The smallest absolute Gasteiger partial charge is 0.313 e. The van der Waals surface area contributed by atoms with Crippen molar-refractivity contribution in [3.05, 3.63) is 52.7 Å². The van der Waals surface area contributed by atoms with E-state index in [0.717, 1.165) is 11.8 Å². The molecular formula is C19H21ClFN3O4. The summed E-state index contributed by atoms with van der Waals surface area (Å²) in [5.41, 5.74) is 0.147. The quantitative estimate of drug-likeness (QED) is 0.741. The zero-order valence-corrected chi connectivity index (χ0v) is 16.1. The van der Waals surface area contributed by atoms with Crippen LogP contribution in [0.1, 0.15) is 17.6 Å². The number of morpholine rings is 1. The summed E-state index contributed by atoms with van der Waals surface area (Å²) in [6.07, 6.45) is 0. The van der Waals surface area contributed by atoms with Crippen molar-refractivity contribution in [1.29, 1.82) is 0 Å². The first-order valence-corrected chi connectivity index (χ1v) is 9.24. The molecule has 3 rings (SSSR count). The number of nitrogens with zero attached hydrogens (tertiary/aromatic N) is 1. The van der Waals surface area contributed by atoms with Gasteiger partial charge in [-0.3, -0.25) is 14.5 Å². The Balaban J connectivity index is 1.62. The molecule has 2 amide bonds. The summed E-state index contributed by atoms with van der Waals surface area (Å²) in [4.78, 5) is 26.4. The lowest BCUT2D eigenvalue weighted by atomic mass is 10.1. The Labute approximate surface area is 166 Å². The number of furan rings is 1. The average Bonchev–Trinajstić information content (AvgIpc) is 3.11. The molecule has 1 aromatic heterocycles. The monoisotopic (exact) mass is 409 g/mol. The molecule has 150 valence electrons. The van der Waals surface area contributed by atoms with Crippen LogP contribution in [0.5, 0.6) is 0 Å². The molecule has 0 saturated carbocycles. The lowest BCUT2D eigenvalue weighted by molar-refractivity contribution is -0.136. The number of aryl methyl sites for hydroxylation is 1. The summed E-state index contributed by atoms with van der Waals surface area (Å²) >= 11 is 5.61. The van der Waals surface area contributed by atoms with Gasteiger partial charge in [-0.2, -0.15) is 0 Å². The van der Waals surface area contributed by atoms with Gasteiger partial charge < -0.3 is 19.8 Å². The summed E-state index contributed by atoms with van der Waals surface area (Å²) in [7, 11) is 0. The van der Waals surface area contributed by atoms with Gasteiger partial charge in [0.15, 0.2) is 0 Å². The van der Waals surface area contributed by atoms with Crippen LogP contribution >= 0.6 is 11.6 Å². The molecule has 1 saturated heterocycles. The molecule has 1 aliphatic heterocycles. The zero-order chi connectivity index (χ0) is 20.1. The highest BCUT2D eigenvalue weighted by atomic mass is 35.5. The maximum Gasteiger partial charge on any atom is 0.313 e. The highest BCUT2D eigenvalue weighted by Gasteiger charge is 2.26. The number of rotatable bonds is 5. The fourth-order valence-electron chi connectivity index (χ4n) is 2.96. The number of ether oxygens (including phenoxy) is 1. The molecule has 0 spiro atoms. The normalized spacial score (nSPS) is 15.8. The molecule has 2 N–H and O–H groups in total. The van der Waals surface area contributed by atoms with Gasteiger partial charge in [0.05, 0.1) is 24.3 Å². The maximum atomic E-state index is 13.5. The van der Waals surface area contributed by atoms with Crippen LogP contribution < -0.4 is 10.6 Å². The zero-order valence-electron chi connectivity index (χ0n) is 15.3. The molecule has 0 unspecified atom stereocenters. The first-order chi connectivity index (χ1) is 13.4. The summed E-state index contributed by atoms with van der Waals surface area (Å²) in [6, 6.07) is 7.26. The van der Waals surface area contributed by atoms with Crippen molar-refractivity contribution in [2.24, 2.45) is 0 Å². The lowest BCUT2D eigenvalue weighted by Crippen LogP contribution is -2.45. The van der Waals surface area contributed by atoms with Gasteiger partial charge in [-0.25, -0.2) is 4.39 Å². The van der Waals surface area contributed by atoms with E-state index in [1.807, 2.05) is 19.1 Å². The van der Waals surface area contributed by atoms with E-state index in [9.17, 15) is 14.0 Å². The number of hydrogen-bond acceptors (Lipinski definition) is 5. The first kappa shape index (κ1) is 20.3. The second kappa shape index (κ2) is 9.18. The number of halogens is 2. The van der Waals surface area contributed by atoms with Crippen molar-refractivity contribution in [2.45, 2.75) is 13.0 Å². The molecule has 0 aliphatic carbocycles. The number of carbonyl (C=O) groups is 2. The molecule has 0 bridgehead atoms. The minimum Gasteiger partial charge on any atom is -0.465 e. The van der Waals surface area contributed by atoms with Gasteiger partial charge in [-0.15, -0.1) is 0 Å². The Bertz CT molecular complexity index is 851. The Morgan fingerprint density at radius 1 is 1.21 bits per heavy atom. The van der Waals surface area contributed by atoms with Crippen molar-refractivity contribution in [3.8, 4) is 0 Å². The molecule has 2 aromatic rings. The van der Waals surface area contributed by atoms with Crippen LogP contribution in [-0.4, -0.2) is 49.6 Å². The average molecular weight is 410 g/mol. The van der Waals surface area contributed by atoms with E-state index in [0.29, 0.717) is 32.1 Å². The molecule has 1 aliphatic rings. The van der Waals surface area contributed by atoms with Crippen molar-refractivity contribution in [2.75, 3.05) is 38.2 Å². The summed E-state index contributed by atoms with van der Waals surface area (Å²) < 4.78 is 24.6. The summed E-state index contributed by atoms with van der Waals surface area (Å²) in [5, 5.41) is 4.91. The van der Waals surface area contributed by atoms with Crippen LogP contribution in [0.3, 0.4) is 0 Å². The first-order valence-electron chi connectivity index (χ1n) is 8.86. The van der Waals surface area contributed by atoms with E-state index in [2.05, 4.69) is 15.5 Å². The summed E-state index contributed by atoms with van der Waals surface area (Å²) in [5.74, 6) is -0.919. The lowest BCUT2D eigenvalue weighted by Gasteiger charge is -2.33. The van der Waals surface area contributed by atoms with E-state index >= 15 is 0 Å². The standard InChI is InChI=1S/C19H21ClFN3O4/c1-12-2-5-17(28-12)16(24-6-8-27-9-7-24)11-22-18(25)19(26)23-13-3-4-14(20)15(21)10-13/h2-5,10,16H,6-9,11H2,1H3,(H,22,25)(H,23,26)/t16-/m1/s1.